The van der Waals surface area contributed by atoms with E-state index < -0.39 is 22.0 Å². The van der Waals surface area contributed by atoms with E-state index in [1.807, 2.05) is 0 Å². The summed E-state index contributed by atoms with van der Waals surface area (Å²) in [5.74, 6) is -1.40. The third-order valence-electron chi connectivity index (χ3n) is 4.36. The molecular formula is C18H25ClN2O5S. The van der Waals surface area contributed by atoms with Gasteiger partial charge in [0.1, 0.15) is 6.04 Å². The van der Waals surface area contributed by atoms with Crippen molar-refractivity contribution in [3.63, 3.8) is 0 Å². The maximum Gasteiger partial charge on any atom is 0.324 e. The van der Waals surface area contributed by atoms with Crippen LogP contribution >= 0.6 is 11.6 Å². The quantitative estimate of drug-likeness (QED) is 0.688. The van der Waals surface area contributed by atoms with Crippen molar-refractivity contribution in [1.29, 1.82) is 0 Å². The van der Waals surface area contributed by atoms with E-state index in [-0.39, 0.29) is 28.4 Å². The van der Waals surface area contributed by atoms with Crippen LogP contribution in [-0.4, -0.2) is 50.9 Å². The normalized spacial score (nSPS) is 16.2. The lowest BCUT2D eigenvalue weighted by molar-refractivity contribution is -0.154. The predicted octanol–water partition coefficient (Wildman–Crippen LogP) is 2.20. The molecule has 1 amide bonds. The molecule has 1 aromatic rings. The first-order valence-electron chi connectivity index (χ1n) is 8.93. The highest BCUT2D eigenvalue weighted by molar-refractivity contribution is 7.89. The molecule has 0 unspecified atom stereocenters. The van der Waals surface area contributed by atoms with Crippen LogP contribution < -0.4 is 4.72 Å². The van der Waals surface area contributed by atoms with Gasteiger partial charge in [0.2, 0.25) is 10.0 Å². The Balaban J connectivity index is 2.01. The molecule has 0 spiro atoms. The lowest BCUT2D eigenvalue weighted by atomic mass is 10.1. The zero-order valence-corrected chi connectivity index (χ0v) is 17.1. The molecule has 0 radical (unpaired) electrons. The van der Waals surface area contributed by atoms with Crippen molar-refractivity contribution in [1.82, 2.24) is 9.62 Å². The number of rotatable bonds is 7. The van der Waals surface area contributed by atoms with Crippen molar-refractivity contribution in [2.24, 2.45) is 5.92 Å². The molecule has 1 atom stereocenters. The summed E-state index contributed by atoms with van der Waals surface area (Å²) in [7, 11) is -3.96. The number of ether oxygens (including phenoxy) is 1. The summed E-state index contributed by atoms with van der Waals surface area (Å²) in [5.41, 5.74) is 0. The number of piperidine rings is 1. The van der Waals surface area contributed by atoms with Crippen molar-refractivity contribution in [2.75, 3.05) is 19.7 Å². The fraction of sp³-hybridized carbons (Fsp3) is 0.556. The number of hydrogen-bond donors (Lipinski definition) is 1. The van der Waals surface area contributed by atoms with Crippen LogP contribution in [0.2, 0.25) is 5.02 Å². The van der Waals surface area contributed by atoms with Crippen LogP contribution in [0.4, 0.5) is 0 Å². The zero-order chi connectivity index (χ0) is 20.0. The van der Waals surface area contributed by atoms with Crippen molar-refractivity contribution in [3.8, 4) is 0 Å². The van der Waals surface area contributed by atoms with Gasteiger partial charge in [-0.15, -0.1) is 0 Å². The van der Waals surface area contributed by atoms with Gasteiger partial charge in [-0.3, -0.25) is 9.59 Å². The predicted molar refractivity (Wildman–Crippen MR) is 102 cm³/mol. The molecule has 27 heavy (non-hydrogen) atoms. The molecule has 7 nitrogen and oxygen atoms in total. The van der Waals surface area contributed by atoms with Gasteiger partial charge in [-0.05, 0) is 43.4 Å². The van der Waals surface area contributed by atoms with Gasteiger partial charge < -0.3 is 9.64 Å². The SMILES string of the molecule is CC(C)[C@H](NS(=O)(=O)c1cccc(Cl)c1)C(=O)OCC(=O)N1CCCCC1. The first kappa shape index (κ1) is 21.7. The Morgan fingerprint density at radius 2 is 1.89 bits per heavy atom. The third-order valence-corrected chi connectivity index (χ3v) is 6.03. The molecule has 2 rings (SSSR count). The molecular weight excluding hydrogens is 392 g/mol. The maximum absolute atomic E-state index is 12.5. The van der Waals surface area contributed by atoms with Crippen molar-refractivity contribution in [2.45, 2.75) is 44.0 Å². The fourth-order valence-corrected chi connectivity index (χ4v) is 4.42. The highest BCUT2D eigenvalue weighted by Crippen LogP contribution is 2.17. The number of nitrogens with zero attached hydrogens (tertiary/aromatic N) is 1. The highest BCUT2D eigenvalue weighted by atomic mass is 35.5. The van der Waals surface area contributed by atoms with Crippen LogP contribution in [0.5, 0.6) is 0 Å². The van der Waals surface area contributed by atoms with E-state index in [1.165, 1.54) is 18.2 Å². The second kappa shape index (κ2) is 9.52. The minimum absolute atomic E-state index is 0.0437. The van der Waals surface area contributed by atoms with Crippen LogP contribution in [0.3, 0.4) is 0 Å². The van der Waals surface area contributed by atoms with Crippen LogP contribution in [0.1, 0.15) is 33.1 Å². The molecule has 1 aliphatic rings. The first-order chi connectivity index (χ1) is 12.7. The molecule has 1 aromatic carbocycles. The summed E-state index contributed by atoms with van der Waals surface area (Å²) in [6, 6.07) is 4.64. The Morgan fingerprint density at radius 1 is 1.22 bits per heavy atom. The van der Waals surface area contributed by atoms with Gasteiger partial charge in [0.15, 0.2) is 6.61 Å². The molecule has 0 aromatic heterocycles. The minimum atomic E-state index is -3.96. The van der Waals surface area contributed by atoms with Gasteiger partial charge in [0, 0.05) is 18.1 Å². The second-order valence-electron chi connectivity index (χ2n) is 6.85. The molecule has 1 aliphatic heterocycles. The van der Waals surface area contributed by atoms with Gasteiger partial charge in [-0.2, -0.15) is 4.72 Å². The molecule has 150 valence electrons. The van der Waals surface area contributed by atoms with Crippen LogP contribution in [0.15, 0.2) is 29.2 Å². The smallest absolute Gasteiger partial charge is 0.324 e. The molecule has 1 heterocycles. The lowest BCUT2D eigenvalue weighted by Crippen LogP contribution is -2.46. The van der Waals surface area contributed by atoms with E-state index in [9.17, 15) is 18.0 Å². The average molecular weight is 417 g/mol. The molecule has 1 N–H and O–H groups in total. The largest absolute Gasteiger partial charge is 0.454 e. The Morgan fingerprint density at radius 3 is 2.48 bits per heavy atom. The number of sulfonamides is 1. The fourth-order valence-electron chi connectivity index (χ4n) is 2.78. The number of carbonyl (C=O) groups is 2. The summed E-state index contributed by atoms with van der Waals surface area (Å²) in [6.07, 6.45) is 2.96. The maximum atomic E-state index is 12.5. The summed E-state index contributed by atoms with van der Waals surface area (Å²) >= 11 is 5.84. The Labute approximate surface area is 165 Å². The number of hydrogen-bond acceptors (Lipinski definition) is 5. The standard InChI is InChI=1S/C18H25ClN2O5S/c1-13(2)17(20-27(24,25)15-8-6-7-14(19)11-15)18(23)26-12-16(22)21-9-4-3-5-10-21/h6-8,11,13,17,20H,3-5,9-10,12H2,1-2H3/t17-/m0/s1. The lowest BCUT2D eigenvalue weighted by Gasteiger charge is -2.27. The molecule has 0 aliphatic carbocycles. The monoisotopic (exact) mass is 416 g/mol. The number of carbonyl (C=O) groups excluding carboxylic acids is 2. The molecule has 0 saturated carbocycles. The molecule has 9 heteroatoms. The number of esters is 1. The minimum Gasteiger partial charge on any atom is -0.454 e. The summed E-state index contributed by atoms with van der Waals surface area (Å²) in [5, 5.41) is 0.272. The highest BCUT2D eigenvalue weighted by Gasteiger charge is 2.30. The van der Waals surface area contributed by atoms with Crippen molar-refractivity contribution < 1.29 is 22.7 Å². The molecule has 1 saturated heterocycles. The van der Waals surface area contributed by atoms with Crippen LogP contribution in [0.25, 0.3) is 0 Å². The van der Waals surface area contributed by atoms with Crippen molar-refractivity contribution in [3.05, 3.63) is 29.3 Å². The number of nitrogens with one attached hydrogen (secondary N) is 1. The third kappa shape index (κ3) is 6.19. The van der Waals surface area contributed by atoms with Crippen LogP contribution in [0, 0.1) is 5.92 Å². The second-order valence-corrected chi connectivity index (χ2v) is 9.00. The Bertz CT molecular complexity index is 776. The number of amides is 1. The van der Waals surface area contributed by atoms with Crippen LogP contribution in [-0.2, 0) is 24.3 Å². The van der Waals surface area contributed by atoms with Crippen molar-refractivity contribution >= 4 is 33.5 Å². The summed E-state index contributed by atoms with van der Waals surface area (Å²) in [6.45, 7) is 4.31. The molecule has 0 bridgehead atoms. The van der Waals surface area contributed by atoms with Gasteiger partial charge >= 0.3 is 5.97 Å². The summed E-state index contributed by atoms with van der Waals surface area (Å²) in [4.78, 5) is 26.2. The summed E-state index contributed by atoms with van der Waals surface area (Å²) < 4.78 is 32.5. The van der Waals surface area contributed by atoms with E-state index in [1.54, 1.807) is 24.8 Å². The Kier molecular flexibility index (Phi) is 7.64. The van der Waals surface area contributed by atoms with Gasteiger partial charge in [-0.1, -0.05) is 31.5 Å². The van der Waals surface area contributed by atoms with E-state index in [4.69, 9.17) is 16.3 Å². The number of benzene rings is 1. The number of likely N-dealkylation sites (tertiary alicyclic amines) is 1. The van der Waals surface area contributed by atoms with E-state index in [0.717, 1.165) is 19.3 Å². The van der Waals surface area contributed by atoms with Gasteiger partial charge in [-0.25, -0.2) is 8.42 Å². The van der Waals surface area contributed by atoms with E-state index in [2.05, 4.69) is 4.72 Å². The number of halogens is 1. The van der Waals surface area contributed by atoms with Gasteiger partial charge in [0.05, 0.1) is 4.90 Å². The topological polar surface area (TPSA) is 92.8 Å². The Hall–Kier alpha value is -1.64. The van der Waals surface area contributed by atoms with Gasteiger partial charge in [0.25, 0.3) is 5.91 Å². The van der Waals surface area contributed by atoms with E-state index >= 15 is 0 Å². The zero-order valence-electron chi connectivity index (χ0n) is 15.5. The molecule has 1 fully saturated rings. The first-order valence-corrected chi connectivity index (χ1v) is 10.8. The van der Waals surface area contributed by atoms with E-state index in [0.29, 0.717) is 13.1 Å². The average Bonchev–Trinajstić information content (AvgIpc) is 2.64.